The van der Waals surface area contributed by atoms with Crippen LogP contribution in [0.2, 0.25) is 5.02 Å². The molecule has 0 N–H and O–H groups in total. The minimum Gasteiger partial charge on any atom is -0.103 e. The maximum atomic E-state index is 6.05. The third-order valence-electron chi connectivity index (χ3n) is 6.27. The van der Waals surface area contributed by atoms with Gasteiger partial charge in [-0.05, 0) is 103 Å². The molecule has 2 aliphatic rings. The lowest BCUT2D eigenvalue weighted by atomic mass is 9.73. The fourth-order valence-electron chi connectivity index (χ4n) is 4.86. The number of benzene rings is 2. The highest BCUT2D eigenvalue weighted by atomic mass is 35.5. The smallest absolute Gasteiger partial charge is 0.0406 e. The Morgan fingerprint density at radius 2 is 1.60 bits per heavy atom. The average molecular weight is 351 g/mol. The molecule has 0 fully saturated rings. The van der Waals surface area contributed by atoms with Gasteiger partial charge in [-0.1, -0.05) is 41.9 Å². The zero-order chi connectivity index (χ0) is 17.2. The molecule has 0 spiro atoms. The molecule has 0 saturated carbocycles. The molecule has 0 aliphatic heterocycles. The van der Waals surface area contributed by atoms with Crippen molar-refractivity contribution in [3.8, 4) is 0 Å². The lowest BCUT2D eigenvalue weighted by molar-refractivity contribution is 0.427. The van der Waals surface area contributed by atoms with Crippen molar-refractivity contribution in [2.24, 2.45) is 5.92 Å². The van der Waals surface area contributed by atoms with E-state index in [1.54, 1.807) is 22.3 Å². The van der Waals surface area contributed by atoms with E-state index in [1.807, 2.05) is 12.1 Å². The van der Waals surface area contributed by atoms with Crippen LogP contribution in [0.1, 0.15) is 59.4 Å². The fourth-order valence-corrected chi connectivity index (χ4v) is 4.99. The molecule has 2 unspecified atom stereocenters. The Balaban J connectivity index is 1.53. The molecular formula is C24H27Cl. The van der Waals surface area contributed by atoms with Gasteiger partial charge in [0.2, 0.25) is 0 Å². The second kappa shape index (κ2) is 7.38. The van der Waals surface area contributed by atoms with Gasteiger partial charge in [0.1, 0.15) is 0 Å². The molecule has 0 saturated heterocycles. The van der Waals surface area contributed by atoms with Gasteiger partial charge in [-0.25, -0.2) is 0 Å². The highest BCUT2D eigenvalue weighted by molar-refractivity contribution is 6.30. The van der Waals surface area contributed by atoms with E-state index in [2.05, 4.69) is 36.9 Å². The number of hydrogen-bond acceptors (Lipinski definition) is 0. The monoisotopic (exact) mass is 350 g/mol. The van der Waals surface area contributed by atoms with E-state index in [0.29, 0.717) is 5.92 Å². The van der Waals surface area contributed by atoms with Gasteiger partial charge in [0, 0.05) is 5.02 Å². The molecule has 1 heteroatoms. The number of rotatable bonds is 4. The predicted octanol–water partition coefficient (Wildman–Crippen LogP) is 6.68. The fraction of sp³-hybridized carbons (Fsp3) is 0.417. The molecule has 0 bridgehead atoms. The van der Waals surface area contributed by atoms with Crippen molar-refractivity contribution in [1.29, 1.82) is 0 Å². The summed E-state index contributed by atoms with van der Waals surface area (Å²) in [6, 6.07) is 13.3. The summed E-state index contributed by atoms with van der Waals surface area (Å²) in [5, 5.41) is 0.833. The summed E-state index contributed by atoms with van der Waals surface area (Å²) in [5.41, 5.74) is 8.04. The summed E-state index contributed by atoms with van der Waals surface area (Å²) < 4.78 is 0. The first kappa shape index (κ1) is 16.9. The minimum atomic E-state index is 0.645. The van der Waals surface area contributed by atoms with E-state index in [4.69, 9.17) is 11.6 Å². The van der Waals surface area contributed by atoms with Crippen LogP contribution in [-0.4, -0.2) is 0 Å². The third-order valence-corrected chi connectivity index (χ3v) is 6.52. The average Bonchev–Trinajstić information content (AvgIpc) is 2.66. The predicted molar refractivity (Wildman–Crippen MR) is 108 cm³/mol. The third kappa shape index (κ3) is 3.55. The van der Waals surface area contributed by atoms with Crippen molar-refractivity contribution in [3.63, 3.8) is 0 Å². The number of hydrogen-bond donors (Lipinski definition) is 0. The Bertz CT molecular complexity index is 756. The van der Waals surface area contributed by atoms with Gasteiger partial charge in [-0.15, -0.1) is 6.58 Å². The number of fused-ring (bicyclic) bond motifs is 3. The molecule has 0 amide bonds. The van der Waals surface area contributed by atoms with Crippen LogP contribution in [0, 0.1) is 5.92 Å². The van der Waals surface area contributed by atoms with Crippen molar-refractivity contribution in [2.75, 3.05) is 0 Å². The van der Waals surface area contributed by atoms with Gasteiger partial charge in [-0.3, -0.25) is 0 Å². The van der Waals surface area contributed by atoms with Crippen LogP contribution < -0.4 is 0 Å². The molecule has 0 nitrogen and oxygen atoms in total. The summed E-state index contributed by atoms with van der Waals surface area (Å²) in [5.74, 6) is 1.50. The first-order valence-corrected chi connectivity index (χ1v) is 10.1. The van der Waals surface area contributed by atoms with Gasteiger partial charge in [-0.2, -0.15) is 0 Å². The molecule has 2 aromatic rings. The highest BCUT2D eigenvalue weighted by Crippen LogP contribution is 2.39. The highest BCUT2D eigenvalue weighted by Gasteiger charge is 2.26. The van der Waals surface area contributed by atoms with Crippen LogP contribution in [0.25, 0.3) is 0 Å². The standard InChI is InChI=1S/C24H27Cl/c1-2-3-4-17-5-13-23-20(15-17)6-7-21-16-19(10-14-24(21)23)18-8-11-22(25)12-9-18/h2,6-9,11-12,17,19H,1,3-5,10,13-16H2. The molecule has 0 radical (unpaired) electrons. The Labute approximate surface area is 156 Å². The van der Waals surface area contributed by atoms with E-state index >= 15 is 0 Å². The van der Waals surface area contributed by atoms with Crippen LogP contribution >= 0.6 is 11.6 Å². The summed E-state index contributed by atoms with van der Waals surface area (Å²) in [7, 11) is 0. The van der Waals surface area contributed by atoms with Crippen molar-refractivity contribution >= 4 is 11.6 Å². The van der Waals surface area contributed by atoms with Crippen molar-refractivity contribution in [2.45, 2.75) is 57.3 Å². The Morgan fingerprint density at radius 3 is 2.32 bits per heavy atom. The number of allylic oxidation sites excluding steroid dienone is 1. The van der Waals surface area contributed by atoms with E-state index in [1.165, 1.54) is 50.5 Å². The van der Waals surface area contributed by atoms with Crippen molar-refractivity contribution in [3.05, 3.63) is 81.9 Å². The molecule has 2 atom stereocenters. The van der Waals surface area contributed by atoms with E-state index in [9.17, 15) is 0 Å². The molecule has 0 aromatic heterocycles. The quantitative estimate of drug-likeness (QED) is 0.539. The first-order valence-electron chi connectivity index (χ1n) is 9.73. The molecule has 2 aliphatic carbocycles. The first-order chi connectivity index (χ1) is 12.2. The van der Waals surface area contributed by atoms with Crippen LogP contribution in [0.5, 0.6) is 0 Å². The molecule has 2 aromatic carbocycles. The van der Waals surface area contributed by atoms with E-state index < -0.39 is 0 Å². The molecule has 4 rings (SSSR count). The Kier molecular flexibility index (Phi) is 4.99. The van der Waals surface area contributed by atoms with Crippen molar-refractivity contribution < 1.29 is 0 Å². The molecule has 25 heavy (non-hydrogen) atoms. The summed E-state index contributed by atoms with van der Waals surface area (Å²) in [6.07, 6.45) is 12.1. The molecule has 130 valence electrons. The lowest BCUT2D eigenvalue weighted by Gasteiger charge is -2.32. The second-order valence-electron chi connectivity index (χ2n) is 7.81. The Hall–Kier alpha value is -1.53. The van der Waals surface area contributed by atoms with Crippen molar-refractivity contribution in [1.82, 2.24) is 0 Å². The van der Waals surface area contributed by atoms with E-state index in [-0.39, 0.29) is 0 Å². The van der Waals surface area contributed by atoms with Crippen LogP contribution in [-0.2, 0) is 25.7 Å². The van der Waals surface area contributed by atoms with Gasteiger partial charge in [0.25, 0.3) is 0 Å². The van der Waals surface area contributed by atoms with Crippen LogP contribution in [0.4, 0.5) is 0 Å². The van der Waals surface area contributed by atoms with E-state index in [0.717, 1.165) is 17.4 Å². The zero-order valence-corrected chi connectivity index (χ0v) is 15.7. The summed E-state index contributed by atoms with van der Waals surface area (Å²) in [4.78, 5) is 0. The molecular weight excluding hydrogens is 324 g/mol. The summed E-state index contributed by atoms with van der Waals surface area (Å²) in [6.45, 7) is 3.88. The molecule has 0 heterocycles. The summed E-state index contributed by atoms with van der Waals surface area (Å²) >= 11 is 6.05. The van der Waals surface area contributed by atoms with Gasteiger partial charge >= 0.3 is 0 Å². The largest absolute Gasteiger partial charge is 0.103 e. The van der Waals surface area contributed by atoms with Gasteiger partial charge < -0.3 is 0 Å². The normalized spacial score (nSPS) is 22.1. The van der Waals surface area contributed by atoms with Gasteiger partial charge in [0.05, 0.1) is 0 Å². The van der Waals surface area contributed by atoms with Crippen LogP contribution in [0.15, 0.2) is 49.1 Å². The zero-order valence-electron chi connectivity index (χ0n) is 14.9. The van der Waals surface area contributed by atoms with Gasteiger partial charge in [0.15, 0.2) is 0 Å². The topological polar surface area (TPSA) is 0 Å². The Morgan fingerprint density at radius 1 is 0.920 bits per heavy atom. The second-order valence-corrected chi connectivity index (χ2v) is 8.24. The maximum Gasteiger partial charge on any atom is 0.0406 e. The minimum absolute atomic E-state index is 0.645. The number of halogens is 1. The maximum absolute atomic E-state index is 6.05. The van der Waals surface area contributed by atoms with Crippen LogP contribution in [0.3, 0.4) is 0 Å². The lowest BCUT2D eigenvalue weighted by Crippen LogP contribution is -2.20. The SMILES string of the molecule is C=CCCC1CCc2c(ccc3c2CCC(c2ccc(Cl)cc2)C3)C1.